The maximum absolute atomic E-state index is 12.7. The van der Waals surface area contributed by atoms with E-state index >= 15 is 0 Å². The van der Waals surface area contributed by atoms with E-state index in [0.717, 1.165) is 37.8 Å². The van der Waals surface area contributed by atoms with Crippen molar-refractivity contribution in [3.8, 4) is 11.5 Å². The van der Waals surface area contributed by atoms with Crippen molar-refractivity contribution in [3.63, 3.8) is 0 Å². The van der Waals surface area contributed by atoms with Gasteiger partial charge in [0.2, 0.25) is 5.91 Å². The third kappa shape index (κ3) is 4.39. The lowest BCUT2D eigenvalue weighted by Gasteiger charge is -2.40. The molecule has 0 bridgehead atoms. The minimum Gasteiger partial charge on any atom is -0.535 e. The number of amides is 1. The Hall–Kier alpha value is -2.30. The van der Waals surface area contributed by atoms with Gasteiger partial charge in [-0.05, 0) is 55.1 Å². The topological polar surface area (TPSA) is 134 Å². The number of benzene rings is 1. The minimum atomic E-state index is -1.14. The summed E-state index contributed by atoms with van der Waals surface area (Å²) in [7, 11) is -0.996. The predicted molar refractivity (Wildman–Crippen MR) is 126 cm³/mol. The predicted octanol–water partition coefficient (Wildman–Crippen LogP) is 1.45. The summed E-state index contributed by atoms with van der Waals surface area (Å²) in [5.41, 5.74) is 6.34. The first-order chi connectivity index (χ1) is 16.4. The molecular weight excluding hydrogens is 437 g/mol. The molecule has 1 aromatic carbocycles. The Balaban J connectivity index is 1.15. The number of nitrogens with one attached hydrogen (secondary N) is 1. The summed E-state index contributed by atoms with van der Waals surface area (Å²) in [4.78, 5) is 26.6. The molecule has 10 heteroatoms. The Morgan fingerprint density at radius 1 is 1.26 bits per heavy atom. The van der Waals surface area contributed by atoms with Crippen LogP contribution < -0.4 is 20.4 Å². The summed E-state index contributed by atoms with van der Waals surface area (Å²) in [5.74, 6) is 0.251. The van der Waals surface area contributed by atoms with Gasteiger partial charge in [-0.25, -0.2) is 4.79 Å². The number of nitrogens with zero attached hydrogens (tertiary/aromatic N) is 1. The third-order valence-corrected chi connectivity index (χ3v) is 8.12. The Labute approximate surface area is 200 Å². The number of fused-ring (bicyclic) bond motifs is 3. The van der Waals surface area contributed by atoms with Gasteiger partial charge in [-0.2, -0.15) is 0 Å². The molecule has 2 heterocycles. The van der Waals surface area contributed by atoms with Crippen LogP contribution in [0.4, 0.5) is 0 Å². The van der Waals surface area contributed by atoms with Crippen molar-refractivity contribution >= 4 is 19.0 Å². The van der Waals surface area contributed by atoms with Crippen LogP contribution in [0.3, 0.4) is 0 Å². The molecule has 3 fully saturated rings. The molecule has 0 radical (unpaired) electrons. The molecule has 1 aromatic rings. The SMILES string of the molecule is CC1C2B(O)Oc3c(ccc(OC4CN(C(=O)C[C@H]5CC[C@H](NCCN)CC5)C4)c3C(=O)O)C12. The molecular formula is C24H34BN3O6. The molecule has 2 aliphatic carbocycles. The van der Waals surface area contributed by atoms with Crippen LogP contribution in [-0.4, -0.2) is 72.4 Å². The summed E-state index contributed by atoms with van der Waals surface area (Å²) >= 11 is 0. The van der Waals surface area contributed by atoms with E-state index in [4.69, 9.17) is 15.1 Å². The quantitative estimate of drug-likeness (QED) is 0.419. The van der Waals surface area contributed by atoms with Crippen molar-refractivity contribution in [2.75, 3.05) is 26.2 Å². The standard InChI is InChI=1S/C24H34BN3O6/c1-13-20-17-6-7-18(21(24(30)31)23(17)34-25(32)22(13)20)33-16-11-28(12-16)19(29)10-14-2-4-15(5-3-14)27-9-8-26/h6-7,13-16,20,22,27,32H,2-5,8-12,26H2,1H3,(H,30,31)/t13?,14-,15-,20?,22?. The summed E-state index contributed by atoms with van der Waals surface area (Å²) < 4.78 is 11.6. The smallest absolute Gasteiger partial charge is 0.526 e. The van der Waals surface area contributed by atoms with Gasteiger partial charge in [-0.15, -0.1) is 0 Å². The van der Waals surface area contributed by atoms with E-state index in [9.17, 15) is 19.7 Å². The zero-order valence-corrected chi connectivity index (χ0v) is 19.6. The highest BCUT2D eigenvalue weighted by Gasteiger charge is 2.60. The molecule has 1 amide bonds. The minimum absolute atomic E-state index is 0.0179. The molecule has 0 aromatic heterocycles. The lowest BCUT2D eigenvalue weighted by Crippen LogP contribution is -2.56. The number of carbonyl (C=O) groups is 2. The molecule has 1 saturated heterocycles. The number of likely N-dealkylation sites (tertiary alicyclic amines) is 1. The number of carboxylic acids is 1. The van der Waals surface area contributed by atoms with E-state index in [1.165, 1.54) is 0 Å². The lowest BCUT2D eigenvalue weighted by molar-refractivity contribution is -0.141. The first-order valence-corrected chi connectivity index (χ1v) is 12.5. The van der Waals surface area contributed by atoms with Crippen LogP contribution >= 0.6 is 0 Å². The summed E-state index contributed by atoms with van der Waals surface area (Å²) in [6, 6.07) is 4.05. The zero-order chi connectivity index (χ0) is 24.0. The maximum atomic E-state index is 12.7. The average molecular weight is 471 g/mol. The van der Waals surface area contributed by atoms with E-state index in [2.05, 4.69) is 5.32 Å². The normalized spacial score (nSPS) is 30.0. The number of aromatic carboxylic acids is 1. The number of hydrogen-bond donors (Lipinski definition) is 4. The molecule has 3 unspecified atom stereocenters. The van der Waals surface area contributed by atoms with Crippen molar-refractivity contribution in [2.24, 2.45) is 17.6 Å². The van der Waals surface area contributed by atoms with Crippen LogP contribution in [0, 0.1) is 11.8 Å². The van der Waals surface area contributed by atoms with E-state index in [1.54, 1.807) is 11.0 Å². The van der Waals surface area contributed by atoms with Gasteiger partial charge in [0.1, 0.15) is 23.2 Å². The molecule has 5 rings (SSSR count). The average Bonchev–Trinajstić information content (AvgIpc) is 3.46. The largest absolute Gasteiger partial charge is 0.535 e. The Bertz CT molecular complexity index is 947. The molecule has 9 nitrogen and oxygen atoms in total. The first-order valence-electron chi connectivity index (χ1n) is 12.5. The third-order valence-electron chi connectivity index (χ3n) is 8.12. The van der Waals surface area contributed by atoms with Gasteiger partial charge in [0.25, 0.3) is 0 Å². The monoisotopic (exact) mass is 471 g/mol. The molecule has 2 saturated carbocycles. The van der Waals surface area contributed by atoms with Gasteiger partial charge in [0.05, 0.1) is 13.1 Å². The molecule has 5 N–H and O–H groups in total. The molecule has 3 atom stereocenters. The highest BCUT2D eigenvalue weighted by molar-refractivity contribution is 6.48. The molecule has 34 heavy (non-hydrogen) atoms. The first kappa shape index (κ1) is 23.4. The molecule has 2 aliphatic heterocycles. The number of rotatable bonds is 8. The maximum Gasteiger partial charge on any atom is 0.526 e. The lowest BCUT2D eigenvalue weighted by atomic mass is 9.76. The van der Waals surface area contributed by atoms with E-state index in [1.807, 2.05) is 13.0 Å². The van der Waals surface area contributed by atoms with E-state index < -0.39 is 13.1 Å². The number of ether oxygens (including phenoxy) is 1. The highest BCUT2D eigenvalue weighted by Crippen LogP contribution is 2.65. The fraction of sp³-hybridized carbons (Fsp3) is 0.667. The van der Waals surface area contributed by atoms with Crippen molar-refractivity contribution in [1.29, 1.82) is 0 Å². The van der Waals surface area contributed by atoms with Crippen LogP contribution in [0.15, 0.2) is 12.1 Å². The summed E-state index contributed by atoms with van der Waals surface area (Å²) in [5, 5.41) is 23.6. The second kappa shape index (κ2) is 9.39. The molecule has 184 valence electrons. The van der Waals surface area contributed by atoms with Crippen LogP contribution in [0.5, 0.6) is 11.5 Å². The van der Waals surface area contributed by atoms with Crippen LogP contribution in [0.1, 0.15) is 60.9 Å². The van der Waals surface area contributed by atoms with Crippen molar-refractivity contribution in [1.82, 2.24) is 10.2 Å². The van der Waals surface area contributed by atoms with Crippen molar-refractivity contribution in [2.45, 2.75) is 62.9 Å². The van der Waals surface area contributed by atoms with Crippen molar-refractivity contribution < 1.29 is 29.1 Å². The van der Waals surface area contributed by atoms with Crippen LogP contribution in [0.2, 0.25) is 5.82 Å². The molecule has 4 aliphatic rings. The number of nitrogens with two attached hydrogens (primary N) is 1. The number of hydrogen-bond acceptors (Lipinski definition) is 7. The van der Waals surface area contributed by atoms with Gasteiger partial charge in [-0.1, -0.05) is 13.0 Å². The molecule has 0 spiro atoms. The number of carbonyl (C=O) groups excluding carboxylic acids is 1. The van der Waals surface area contributed by atoms with Crippen LogP contribution in [-0.2, 0) is 4.79 Å². The van der Waals surface area contributed by atoms with Gasteiger partial charge in [-0.3, -0.25) is 4.79 Å². The van der Waals surface area contributed by atoms with E-state index in [0.29, 0.717) is 38.0 Å². The van der Waals surface area contributed by atoms with Gasteiger partial charge >= 0.3 is 13.1 Å². The number of carboxylic acid groups (broad SMARTS) is 1. The highest BCUT2D eigenvalue weighted by atomic mass is 16.5. The Morgan fingerprint density at radius 2 is 2.00 bits per heavy atom. The van der Waals surface area contributed by atoms with E-state index in [-0.39, 0.29) is 46.7 Å². The van der Waals surface area contributed by atoms with Gasteiger partial charge in [0, 0.05) is 31.4 Å². The fourth-order valence-electron chi connectivity index (χ4n) is 6.02. The summed E-state index contributed by atoms with van der Waals surface area (Å²) in [6.07, 6.45) is 4.56. The van der Waals surface area contributed by atoms with Gasteiger partial charge in [0.15, 0.2) is 0 Å². The second-order valence-electron chi connectivity index (χ2n) is 10.3. The fourth-order valence-corrected chi connectivity index (χ4v) is 6.02. The van der Waals surface area contributed by atoms with Crippen LogP contribution in [0.25, 0.3) is 0 Å². The Kier molecular flexibility index (Phi) is 6.48. The van der Waals surface area contributed by atoms with Gasteiger partial charge < -0.3 is 35.5 Å². The zero-order valence-electron chi connectivity index (χ0n) is 19.6. The Morgan fingerprint density at radius 3 is 2.68 bits per heavy atom. The summed E-state index contributed by atoms with van der Waals surface area (Å²) in [6.45, 7) is 4.42. The second-order valence-corrected chi connectivity index (χ2v) is 10.3. The van der Waals surface area contributed by atoms with Crippen molar-refractivity contribution in [3.05, 3.63) is 23.3 Å².